The van der Waals surface area contributed by atoms with Crippen LogP contribution in [0.1, 0.15) is 12.5 Å². The Balaban J connectivity index is 1.98. The molecule has 1 aromatic rings. The molecule has 0 spiro atoms. The molecule has 1 N–H and O–H groups in total. The molecule has 1 aliphatic heterocycles. The normalized spacial score (nSPS) is 15.7. The Labute approximate surface area is 99.6 Å². The molecule has 1 aromatic carbocycles. The Morgan fingerprint density at radius 2 is 2.29 bits per heavy atom. The molecule has 0 unspecified atom stereocenters. The van der Waals surface area contributed by atoms with Crippen LogP contribution in [0.5, 0.6) is 11.5 Å². The highest BCUT2D eigenvalue weighted by molar-refractivity contribution is 6.05. The zero-order chi connectivity index (χ0) is 12.1. The molecule has 1 heterocycles. The van der Waals surface area contributed by atoms with Gasteiger partial charge in [0.2, 0.25) is 0 Å². The number of hydrogen-bond acceptors (Lipinski definition) is 5. The van der Waals surface area contributed by atoms with E-state index in [4.69, 9.17) is 19.4 Å². The molecule has 1 aliphatic rings. The number of rotatable bonds is 5. The number of ether oxygens (including phenoxy) is 3. The third kappa shape index (κ3) is 2.68. The first kappa shape index (κ1) is 11.7. The lowest BCUT2D eigenvalue weighted by Gasteiger charge is -2.07. The second kappa shape index (κ2) is 5.54. The van der Waals surface area contributed by atoms with Gasteiger partial charge in [0.05, 0.1) is 6.61 Å². The van der Waals surface area contributed by atoms with Gasteiger partial charge in [-0.25, -0.2) is 0 Å². The lowest BCUT2D eigenvalue weighted by atomic mass is 10.1. The van der Waals surface area contributed by atoms with Crippen LogP contribution in [0.3, 0.4) is 0 Å². The standard InChI is InChI=1S/C12H15NO4/c1-2-15-5-6-16-9-3-4-10-11(13-14)8-17-12(10)7-9/h3-4,7,14H,2,5-6,8H2,1H3. The van der Waals surface area contributed by atoms with Crippen LogP contribution in [-0.2, 0) is 4.74 Å². The van der Waals surface area contributed by atoms with Crippen molar-refractivity contribution in [3.05, 3.63) is 23.8 Å². The zero-order valence-electron chi connectivity index (χ0n) is 9.68. The fourth-order valence-electron chi connectivity index (χ4n) is 1.62. The van der Waals surface area contributed by atoms with Crippen LogP contribution in [0.4, 0.5) is 0 Å². The highest BCUT2D eigenvalue weighted by Crippen LogP contribution is 2.29. The molecule has 0 saturated heterocycles. The van der Waals surface area contributed by atoms with E-state index >= 15 is 0 Å². The number of oxime groups is 1. The molecule has 0 radical (unpaired) electrons. The molecule has 0 bridgehead atoms. The monoisotopic (exact) mass is 237 g/mol. The van der Waals surface area contributed by atoms with Crippen LogP contribution in [0.25, 0.3) is 0 Å². The predicted octanol–water partition coefficient (Wildman–Crippen LogP) is 1.67. The second-order valence-corrected chi connectivity index (χ2v) is 3.54. The Morgan fingerprint density at radius 1 is 1.41 bits per heavy atom. The predicted molar refractivity (Wildman–Crippen MR) is 62.2 cm³/mol. The molecule has 5 nitrogen and oxygen atoms in total. The largest absolute Gasteiger partial charge is 0.491 e. The second-order valence-electron chi connectivity index (χ2n) is 3.54. The summed E-state index contributed by atoms with van der Waals surface area (Å²) in [5, 5.41) is 11.9. The van der Waals surface area contributed by atoms with Gasteiger partial charge in [-0.1, -0.05) is 5.16 Å². The van der Waals surface area contributed by atoms with Gasteiger partial charge in [0.25, 0.3) is 0 Å². The third-order valence-electron chi connectivity index (χ3n) is 2.45. The summed E-state index contributed by atoms with van der Waals surface area (Å²) in [6.45, 7) is 4.01. The van der Waals surface area contributed by atoms with Crippen molar-refractivity contribution in [2.75, 3.05) is 26.4 Å². The van der Waals surface area contributed by atoms with Crippen LogP contribution in [0.15, 0.2) is 23.4 Å². The van der Waals surface area contributed by atoms with Gasteiger partial charge in [0.15, 0.2) is 0 Å². The summed E-state index contributed by atoms with van der Waals surface area (Å²) in [6, 6.07) is 5.44. The van der Waals surface area contributed by atoms with Crippen LogP contribution >= 0.6 is 0 Å². The van der Waals surface area contributed by atoms with E-state index in [1.807, 2.05) is 19.1 Å². The quantitative estimate of drug-likeness (QED) is 0.481. The van der Waals surface area contributed by atoms with Gasteiger partial charge in [-0.15, -0.1) is 0 Å². The van der Waals surface area contributed by atoms with E-state index in [1.54, 1.807) is 6.07 Å². The Kier molecular flexibility index (Phi) is 3.82. The van der Waals surface area contributed by atoms with Crippen LogP contribution in [-0.4, -0.2) is 37.3 Å². The van der Waals surface area contributed by atoms with E-state index in [2.05, 4.69) is 5.16 Å². The first-order valence-corrected chi connectivity index (χ1v) is 5.54. The lowest BCUT2D eigenvalue weighted by Crippen LogP contribution is -2.06. The van der Waals surface area contributed by atoms with Crippen molar-refractivity contribution in [2.45, 2.75) is 6.92 Å². The van der Waals surface area contributed by atoms with Crippen molar-refractivity contribution in [3.63, 3.8) is 0 Å². The molecule has 2 rings (SSSR count). The summed E-state index contributed by atoms with van der Waals surface area (Å²) < 4.78 is 16.0. The minimum absolute atomic E-state index is 0.300. The smallest absolute Gasteiger partial charge is 0.134 e. The fraction of sp³-hybridized carbons (Fsp3) is 0.417. The molecular formula is C12H15NO4. The van der Waals surface area contributed by atoms with Crippen molar-refractivity contribution in [1.82, 2.24) is 0 Å². The topological polar surface area (TPSA) is 60.3 Å². The van der Waals surface area contributed by atoms with E-state index in [9.17, 15) is 0 Å². The maximum atomic E-state index is 8.74. The molecular weight excluding hydrogens is 222 g/mol. The number of nitrogens with zero attached hydrogens (tertiary/aromatic N) is 1. The van der Waals surface area contributed by atoms with Gasteiger partial charge >= 0.3 is 0 Å². The van der Waals surface area contributed by atoms with Gasteiger partial charge in [-0.2, -0.15) is 0 Å². The molecule has 0 aliphatic carbocycles. The third-order valence-corrected chi connectivity index (χ3v) is 2.45. The highest BCUT2D eigenvalue weighted by Gasteiger charge is 2.20. The van der Waals surface area contributed by atoms with Gasteiger partial charge in [-0.3, -0.25) is 0 Å². The lowest BCUT2D eigenvalue weighted by molar-refractivity contribution is 0.110. The molecule has 92 valence electrons. The van der Waals surface area contributed by atoms with Crippen LogP contribution in [0, 0.1) is 0 Å². The minimum atomic E-state index is 0.300. The zero-order valence-corrected chi connectivity index (χ0v) is 9.68. The average Bonchev–Trinajstić information content (AvgIpc) is 2.77. The number of benzene rings is 1. The molecule has 17 heavy (non-hydrogen) atoms. The van der Waals surface area contributed by atoms with Gasteiger partial charge in [0.1, 0.15) is 30.4 Å². The Morgan fingerprint density at radius 3 is 3.06 bits per heavy atom. The molecule has 5 heteroatoms. The van der Waals surface area contributed by atoms with Gasteiger partial charge in [0, 0.05) is 18.2 Å². The van der Waals surface area contributed by atoms with Crippen LogP contribution in [0.2, 0.25) is 0 Å². The summed E-state index contributed by atoms with van der Waals surface area (Å²) in [5.74, 6) is 1.41. The summed E-state index contributed by atoms with van der Waals surface area (Å²) >= 11 is 0. The molecule has 0 saturated carbocycles. The summed E-state index contributed by atoms with van der Waals surface area (Å²) in [5.41, 5.74) is 1.35. The van der Waals surface area contributed by atoms with E-state index in [1.165, 1.54) is 0 Å². The number of hydrogen-bond donors (Lipinski definition) is 1. The first-order chi connectivity index (χ1) is 8.35. The molecule has 0 fully saturated rings. The fourth-order valence-corrected chi connectivity index (χ4v) is 1.62. The van der Waals surface area contributed by atoms with Gasteiger partial charge < -0.3 is 19.4 Å². The molecule has 0 atom stereocenters. The van der Waals surface area contributed by atoms with Crippen molar-refractivity contribution < 1.29 is 19.4 Å². The van der Waals surface area contributed by atoms with Crippen molar-refractivity contribution >= 4 is 5.71 Å². The summed E-state index contributed by atoms with van der Waals surface area (Å²) in [6.07, 6.45) is 0. The highest BCUT2D eigenvalue weighted by atomic mass is 16.5. The SMILES string of the molecule is CCOCCOc1ccc2c(c1)OCC2=NO. The maximum absolute atomic E-state index is 8.74. The van der Waals surface area contributed by atoms with E-state index < -0.39 is 0 Å². The maximum Gasteiger partial charge on any atom is 0.134 e. The first-order valence-electron chi connectivity index (χ1n) is 5.54. The van der Waals surface area contributed by atoms with Crippen molar-refractivity contribution in [2.24, 2.45) is 5.16 Å². The summed E-state index contributed by atoms with van der Waals surface area (Å²) in [4.78, 5) is 0. The Hall–Kier alpha value is -1.75. The van der Waals surface area contributed by atoms with Crippen molar-refractivity contribution in [1.29, 1.82) is 0 Å². The van der Waals surface area contributed by atoms with Crippen molar-refractivity contribution in [3.8, 4) is 11.5 Å². The summed E-state index contributed by atoms with van der Waals surface area (Å²) in [7, 11) is 0. The molecule has 0 aromatic heterocycles. The van der Waals surface area contributed by atoms with E-state index in [0.717, 1.165) is 11.3 Å². The Bertz CT molecular complexity index is 417. The average molecular weight is 237 g/mol. The van der Waals surface area contributed by atoms with Gasteiger partial charge in [-0.05, 0) is 19.1 Å². The van der Waals surface area contributed by atoms with E-state index in [0.29, 0.717) is 37.9 Å². The van der Waals surface area contributed by atoms with Crippen LogP contribution < -0.4 is 9.47 Å². The van der Waals surface area contributed by atoms with E-state index in [-0.39, 0.29) is 0 Å². The molecule has 0 amide bonds. The number of fused-ring (bicyclic) bond motifs is 1. The minimum Gasteiger partial charge on any atom is -0.491 e.